The standard InChI is InChI=1S/C6H12N2/c1-7-8-5-6-3-2-4-6/h6H,2-5H2,1H3/b8-7+. The molecule has 0 spiro atoms. The van der Waals surface area contributed by atoms with Gasteiger partial charge in [0.25, 0.3) is 0 Å². The molecule has 1 aliphatic rings. The molecule has 0 aromatic carbocycles. The van der Waals surface area contributed by atoms with Crippen molar-refractivity contribution in [2.24, 2.45) is 16.1 Å². The van der Waals surface area contributed by atoms with Crippen LogP contribution < -0.4 is 0 Å². The number of nitrogens with zero attached hydrogens (tertiary/aromatic N) is 2. The fraction of sp³-hybridized carbons (Fsp3) is 1.00. The predicted molar refractivity (Wildman–Crippen MR) is 33.0 cm³/mol. The second-order valence-electron chi connectivity index (χ2n) is 2.32. The fourth-order valence-electron chi connectivity index (χ4n) is 0.872. The predicted octanol–water partition coefficient (Wildman–Crippen LogP) is 1.87. The first-order valence-electron chi connectivity index (χ1n) is 3.19. The average molecular weight is 112 g/mol. The van der Waals surface area contributed by atoms with Crippen molar-refractivity contribution < 1.29 is 0 Å². The van der Waals surface area contributed by atoms with Gasteiger partial charge in [0.05, 0.1) is 6.54 Å². The second-order valence-corrected chi connectivity index (χ2v) is 2.32. The van der Waals surface area contributed by atoms with E-state index in [9.17, 15) is 0 Å². The summed E-state index contributed by atoms with van der Waals surface area (Å²) in [6, 6.07) is 0. The van der Waals surface area contributed by atoms with Gasteiger partial charge in [0.1, 0.15) is 0 Å². The monoisotopic (exact) mass is 112 g/mol. The number of hydrogen-bond acceptors (Lipinski definition) is 2. The normalized spacial score (nSPS) is 21.6. The molecule has 1 rings (SSSR count). The summed E-state index contributed by atoms with van der Waals surface area (Å²) >= 11 is 0. The minimum Gasteiger partial charge on any atom is -0.198 e. The van der Waals surface area contributed by atoms with Crippen LogP contribution in [0.4, 0.5) is 0 Å². The Morgan fingerprint density at radius 2 is 2.25 bits per heavy atom. The summed E-state index contributed by atoms with van der Waals surface area (Å²) in [5, 5.41) is 7.60. The molecule has 0 N–H and O–H groups in total. The Bertz CT molecular complexity index is 84.5. The van der Waals surface area contributed by atoms with Crippen LogP contribution in [0.5, 0.6) is 0 Å². The molecule has 1 saturated carbocycles. The third-order valence-electron chi connectivity index (χ3n) is 1.71. The van der Waals surface area contributed by atoms with Gasteiger partial charge in [-0.1, -0.05) is 6.42 Å². The number of azo groups is 1. The molecule has 0 aliphatic heterocycles. The zero-order chi connectivity index (χ0) is 5.82. The van der Waals surface area contributed by atoms with Crippen molar-refractivity contribution in [3.8, 4) is 0 Å². The summed E-state index contributed by atoms with van der Waals surface area (Å²) in [5.41, 5.74) is 0. The highest BCUT2D eigenvalue weighted by Gasteiger charge is 2.15. The summed E-state index contributed by atoms with van der Waals surface area (Å²) in [6.45, 7) is 0.969. The van der Waals surface area contributed by atoms with Gasteiger partial charge in [-0.3, -0.25) is 0 Å². The maximum Gasteiger partial charge on any atom is 0.0626 e. The molecule has 46 valence electrons. The van der Waals surface area contributed by atoms with Gasteiger partial charge in [-0.05, 0) is 18.8 Å². The molecule has 0 radical (unpaired) electrons. The Morgan fingerprint density at radius 3 is 2.62 bits per heavy atom. The molecular weight excluding hydrogens is 100 g/mol. The molecule has 1 aliphatic carbocycles. The van der Waals surface area contributed by atoms with E-state index in [-0.39, 0.29) is 0 Å². The van der Waals surface area contributed by atoms with Crippen LogP contribution in [0.2, 0.25) is 0 Å². The Morgan fingerprint density at radius 1 is 1.50 bits per heavy atom. The molecule has 0 bridgehead atoms. The quantitative estimate of drug-likeness (QED) is 0.487. The van der Waals surface area contributed by atoms with Crippen LogP contribution in [0.3, 0.4) is 0 Å². The third-order valence-corrected chi connectivity index (χ3v) is 1.71. The Hall–Kier alpha value is -0.400. The van der Waals surface area contributed by atoms with Crippen molar-refractivity contribution >= 4 is 0 Å². The lowest BCUT2D eigenvalue weighted by Gasteiger charge is -2.22. The van der Waals surface area contributed by atoms with E-state index in [2.05, 4.69) is 10.2 Å². The lowest BCUT2D eigenvalue weighted by atomic mass is 9.86. The Kier molecular flexibility index (Phi) is 2.00. The highest BCUT2D eigenvalue weighted by atomic mass is 15.1. The van der Waals surface area contributed by atoms with Crippen molar-refractivity contribution in [2.75, 3.05) is 13.6 Å². The molecule has 2 heteroatoms. The van der Waals surface area contributed by atoms with E-state index in [1.54, 1.807) is 7.05 Å². The molecule has 0 amide bonds. The van der Waals surface area contributed by atoms with Gasteiger partial charge in [-0.2, -0.15) is 10.2 Å². The first-order valence-corrected chi connectivity index (χ1v) is 3.19. The van der Waals surface area contributed by atoms with Gasteiger partial charge in [0.15, 0.2) is 0 Å². The van der Waals surface area contributed by atoms with Crippen LogP contribution in [0.25, 0.3) is 0 Å². The SMILES string of the molecule is C/N=N/CC1CCC1. The zero-order valence-electron chi connectivity index (χ0n) is 5.30. The van der Waals surface area contributed by atoms with Crippen LogP contribution in [0, 0.1) is 5.92 Å². The van der Waals surface area contributed by atoms with Crippen LogP contribution >= 0.6 is 0 Å². The minimum atomic E-state index is 0.874. The molecule has 1 fully saturated rings. The number of hydrogen-bond donors (Lipinski definition) is 0. The fourth-order valence-corrected chi connectivity index (χ4v) is 0.872. The third kappa shape index (κ3) is 1.29. The molecule has 2 nitrogen and oxygen atoms in total. The molecule has 8 heavy (non-hydrogen) atoms. The van der Waals surface area contributed by atoms with Crippen molar-refractivity contribution in [3.05, 3.63) is 0 Å². The van der Waals surface area contributed by atoms with Crippen molar-refractivity contribution in [1.82, 2.24) is 0 Å². The first kappa shape index (κ1) is 5.73. The molecular formula is C6H12N2. The van der Waals surface area contributed by atoms with Crippen LogP contribution in [0.15, 0.2) is 10.2 Å². The largest absolute Gasteiger partial charge is 0.198 e. The lowest BCUT2D eigenvalue weighted by molar-refractivity contribution is 0.322. The number of rotatable bonds is 2. The van der Waals surface area contributed by atoms with Crippen molar-refractivity contribution in [1.29, 1.82) is 0 Å². The van der Waals surface area contributed by atoms with E-state index >= 15 is 0 Å². The molecule has 0 saturated heterocycles. The van der Waals surface area contributed by atoms with E-state index in [1.807, 2.05) is 0 Å². The second kappa shape index (κ2) is 2.80. The summed E-state index contributed by atoms with van der Waals surface area (Å²) in [5.74, 6) is 0.874. The van der Waals surface area contributed by atoms with Crippen LogP contribution in [-0.4, -0.2) is 13.6 Å². The van der Waals surface area contributed by atoms with Crippen LogP contribution in [0.1, 0.15) is 19.3 Å². The maximum atomic E-state index is 3.92. The Balaban J connectivity index is 2.01. The van der Waals surface area contributed by atoms with E-state index in [1.165, 1.54) is 19.3 Å². The summed E-state index contributed by atoms with van der Waals surface area (Å²) in [6.07, 6.45) is 4.15. The van der Waals surface area contributed by atoms with E-state index < -0.39 is 0 Å². The van der Waals surface area contributed by atoms with Gasteiger partial charge in [0, 0.05) is 7.05 Å². The van der Waals surface area contributed by atoms with Gasteiger partial charge in [0.2, 0.25) is 0 Å². The maximum absolute atomic E-state index is 3.92. The van der Waals surface area contributed by atoms with E-state index in [4.69, 9.17) is 0 Å². The summed E-state index contributed by atoms with van der Waals surface area (Å²) in [7, 11) is 1.73. The molecule has 0 aromatic heterocycles. The molecule has 0 heterocycles. The van der Waals surface area contributed by atoms with E-state index in [0.717, 1.165) is 12.5 Å². The summed E-state index contributed by atoms with van der Waals surface area (Å²) in [4.78, 5) is 0. The lowest BCUT2D eigenvalue weighted by Crippen LogP contribution is -2.13. The van der Waals surface area contributed by atoms with E-state index in [0.29, 0.717) is 0 Å². The highest BCUT2D eigenvalue weighted by Crippen LogP contribution is 2.26. The first-order chi connectivity index (χ1) is 3.93. The molecule has 0 unspecified atom stereocenters. The zero-order valence-corrected chi connectivity index (χ0v) is 5.30. The molecule has 0 aromatic rings. The van der Waals surface area contributed by atoms with Gasteiger partial charge >= 0.3 is 0 Å². The van der Waals surface area contributed by atoms with Crippen molar-refractivity contribution in [2.45, 2.75) is 19.3 Å². The average Bonchev–Trinajstić information content (AvgIpc) is 1.63. The van der Waals surface area contributed by atoms with Crippen molar-refractivity contribution in [3.63, 3.8) is 0 Å². The van der Waals surface area contributed by atoms with Crippen LogP contribution in [-0.2, 0) is 0 Å². The smallest absolute Gasteiger partial charge is 0.0626 e. The molecule has 0 atom stereocenters. The topological polar surface area (TPSA) is 24.7 Å². The highest BCUT2D eigenvalue weighted by molar-refractivity contribution is 4.70. The minimum absolute atomic E-state index is 0.874. The Labute approximate surface area is 50.0 Å². The van der Waals surface area contributed by atoms with Gasteiger partial charge in [-0.25, -0.2) is 0 Å². The van der Waals surface area contributed by atoms with Gasteiger partial charge < -0.3 is 0 Å². The summed E-state index contributed by atoms with van der Waals surface area (Å²) < 4.78 is 0. The van der Waals surface area contributed by atoms with Gasteiger partial charge in [-0.15, -0.1) is 0 Å².